The van der Waals surface area contributed by atoms with E-state index in [4.69, 9.17) is 0 Å². The van der Waals surface area contributed by atoms with Crippen molar-refractivity contribution >= 4 is 5.97 Å². The Hall–Kier alpha value is -2.24. The standard InChI is InChI=1S/C13H14N4O2/c1-9-5-2-3-6-10(9)11-14-15-16-17(11)13(12(18)19)7-4-8-13/h2-3,5-6H,4,7-8H2,1H3,(H,18,19). The fraction of sp³-hybridized carbons (Fsp3) is 0.385. The van der Waals surface area contributed by atoms with Crippen molar-refractivity contribution < 1.29 is 9.90 Å². The van der Waals surface area contributed by atoms with E-state index in [1.807, 2.05) is 31.2 Å². The summed E-state index contributed by atoms with van der Waals surface area (Å²) in [5, 5.41) is 21.1. The summed E-state index contributed by atoms with van der Waals surface area (Å²) < 4.78 is 1.47. The molecule has 19 heavy (non-hydrogen) atoms. The number of hydrogen-bond donors (Lipinski definition) is 1. The molecule has 0 bridgehead atoms. The first-order valence-corrected chi connectivity index (χ1v) is 6.23. The number of tetrazole rings is 1. The van der Waals surface area contributed by atoms with E-state index in [1.165, 1.54) is 4.68 Å². The van der Waals surface area contributed by atoms with Crippen molar-refractivity contribution in [3.05, 3.63) is 29.8 Å². The van der Waals surface area contributed by atoms with E-state index in [0.717, 1.165) is 17.5 Å². The number of carboxylic acid groups (broad SMARTS) is 1. The van der Waals surface area contributed by atoms with Crippen molar-refractivity contribution in [1.82, 2.24) is 20.2 Å². The van der Waals surface area contributed by atoms with Crippen molar-refractivity contribution in [3.63, 3.8) is 0 Å². The summed E-state index contributed by atoms with van der Waals surface area (Å²) >= 11 is 0. The van der Waals surface area contributed by atoms with E-state index in [1.54, 1.807) is 0 Å². The van der Waals surface area contributed by atoms with Crippen LogP contribution >= 0.6 is 0 Å². The zero-order valence-electron chi connectivity index (χ0n) is 10.6. The molecule has 0 atom stereocenters. The summed E-state index contributed by atoms with van der Waals surface area (Å²) in [6.45, 7) is 1.96. The number of aliphatic carboxylic acids is 1. The highest BCUT2D eigenvalue weighted by molar-refractivity contribution is 5.79. The third-order valence-corrected chi connectivity index (χ3v) is 3.84. The van der Waals surface area contributed by atoms with Crippen LogP contribution in [0.25, 0.3) is 11.4 Å². The Morgan fingerprint density at radius 2 is 2.11 bits per heavy atom. The molecule has 2 aromatic rings. The number of benzene rings is 1. The number of carboxylic acids is 1. The second-order valence-corrected chi connectivity index (χ2v) is 4.92. The average molecular weight is 258 g/mol. The van der Waals surface area contributed by atoms with Crippen molar-refractivity contribution in [1.29, 1.82) is 0 Å². The first-order valence-electron chi connectivity index (χ1n) is 6.23. The molecule has 3 rings (SSSR count). The van der Waals surface area contributed by atoms with Crippen LogP contribution in [0.15, 0.2) is 24.3 Å². The normalized spacial score (nSPS) is 16.9. The molecule has 1 aliphatic carbocycles. The molecule has 0 amide bonds. The molecule has 0 saturated heterocycles. The van der Waals surface area contributed by atoms with Gasteiger partial charge in [0.2, 0.25) is 0 Å². The highest BCUT2D eigenvalue weighted by Crippen LogP contribution is 2.41. The SMILES string of the molecule is Cc1ccccc1-c1nnnn1C1(C(=O)O)CCC1. The fourth-order valence-corrected chi connectivity index (χ4v) is 2.50. The molecule has 1 N–H and O–H groups in total. The van der Waals surface area contributed by atoms with E-state index in [2.05, 4.69) is 15.5 Å². The molecular weight excluding hydrogens is 244 g/mol. The van der Waals surface area contributed by atoms with Gasteiger partial charge in [-0.1, -0.05) is 24.3 Å². The maximum Gasteiger partial charge on any atom is 0.331 e. The lowest BCUT2D eigenvalue weighted by Gasteiger charge is -2.37. The summed E-state index contributed by atoms with van der Waals surface area (Å²) in [5.41, 5.74) is 0.930. The molecule has 0 unspecified atom stereocenters. The minimum atomic E-state index is -0.971. The van der Waals surface area contributed by atoms with Crippen LogP contribution in [0, 0.1) is 6.92 Å². The molecule has 1 heterocycles. The first-order chi connectivity index (χ1) is 9.15. The van der Waals surface area contributed by atoms with Crippen LogP contribution < -0.4 is 0 Å². The van der Waals surface area contributed by atoms with Crippen LogP contribution in [-0.4, -0.2) is 31.3 Å². The predicted molar refractivity (Wildman–Crippen MR) is 67.5 cm³/mol. The molecule has 6 heteroatoms. The average Bonchev–Trinajstić information content (AvgIpc) is 2.77. The van der Waals surface area contributed by atoms with Gasteiger partial charge in [0.15, 0.2) is 11.4 Å². The molecule has 1 fully saturated rings. The van der Waals surface area contributed by atoms with Gasteiger partial charge in [-0.3, -0.25) is 0 Å². The smallest absolute Gasteiger partial charge is 0.331 e. The van der Waals surface area contributed by atoms with Crippen LogP contribution in [0.3, 0.4) is 0 Å². The van der Waals surface area contributed by atoms with Gasteiger partial charge < -0.3 is 5.11 Å². The molecule has 6 nitrogen and oxygen atoms in total. The van der Waals surface area contributed by atoms with Crippen molar-refractivity contribution in [2.75, 3.05) is 0 Å². The first kappa shape index (κ1) is 11.8. The van der Waals surface area contributed by atoms with Gasteiger partial charge in [-0.2, -0.15) is 0 Å². The summed E-state index contributed by atoms with van der Waals surface area (Å²) in [7, 11) is 0. The largest absolute Gasteiger partial charge is 0.479 e. The van der Waals surface area contributed by atoms with Gasteiger partial charge in [0, 0.05) is 5.56 Å². The van der Waals surface area contributed by atoms with Crippen LogP contribution in [0.2, 0.25) is 0 Å². The maximum absolute atomic E-state index is 11.6. The second-order valence-electron chi connectivity index (χ2n) is 4.92. The van der Waals surface area contributed by atoms with E-state index in [9.17, 15) is 9.90 Å². The fourth-order valence-electron chi connectivity index (χ4n) is 2.50. The third kappa shape index (κ3) is 1.63. The topological polar surface area (TPSA) is 80.9 Å². The Kier molecular flexibility index (Phi) is 2.58. The van der Waals surface area contributed by atoms with Crippen LogP contribution in [0.1, 0.15) is 24.8 Å². The van der Waals surface area contributed by atoms with E-state index >= 15 is 0 Å². The van der Waals surface area contributed by atoms with E-state index < -0.39 is 11.5 Å². The lowest BCUT2D eigenvalue weighted by Crippen LogP contribution is -2.48. The Morgan fingerprint density at radius 1 is 1.37 bits per heavy atom. The van der Waals surface area contributed by atoms with E-state index in [0.29, 0.717) is 18.7 Å². The van der Waals surface area contributed by atoms with Crippen molar-refractivity contribution in [3.8, 4) is 11.4 Å². The van der Waals surface area contributed by atoms with E-state index in [-0.39, 0.29) is 0 Å². The highest BCUT2D eigenvalue weighted by Gasteiger charge is 2.49. The number of carbonyl (C=O) groups is 1. The summed E-state index contributed by atoms with van der Waals surface area (Å²) in [6, 6.07) is 7.70. The zero-order chi connectivity index (χ0) is 13.5. The summed E-state index contributed by atoms with van der Waals surface area (Å²) in [4.78, 5) is 11.6. The highest BCUT2D eigenvalue weighted by atomic mass is 16.4. The second kappa shape index (κ2) is 4.15. The molecule has 1 saturated carbocycles. The number of aromatic nitrogens is 4. The van der Waals surface area contributed by atoms with Gasteiger partial charge in [0.05, 0.1) is 0 Å². The van der Waals surface area contributed by atoms with Gasteiger partial charge in [0.1, 0.15) is 0 Å². The maximum atomic E-state index is 11.6. The number of nitrogens with zero attached hydrogens (tertiary/aromatic N) is 4. The Balaban J connectivity index is 2.14. The number of hydrogen-bond acceptors (Lipinski definition) is 4. The Bertz CT molecular complexity index is 631. The molecule has 0 aliphatic heterocycles. The van der Waals surface area contributed by atoms with Gasteiger partial charge in [-0.15, -0.1) is 5.10 Å². The Labute approximate surface area is 110 Å². The molecule has 1 aromatic carbocycles. The molecule has 0 radical (unpaired) electrons. The van der Waals surface area contributed by atoms with Crippen LogP contribution in [0.5, 0.6) is 0 Å². The Morgan fingerprint density at radius 3 is 2.68 bits per heavy atom. The van der Waals surface area contributed by atoms with Crippen molar-refractivity contribution in [2.45, 2.75) is 31.7 Å². The number of rotatable bonds is 3. The van der Waals surface area contributed by atoms with Gasteiger partial charge in [-0.25, -0.2) is 9.48 Å². The lowest BCUT2D eigenvalue weighted by molar-refractivity contribution is -0.153. The van der Waals surface area contributed by atoms with Crippen LogP contribution in [-0.2, 0) is 10.3 Å². The molecule has 1 aliphatic rings. The van der Waals surface area contributed by atoms with Crippen LogP contribution in [0.4, 0.5) is 0 Å². The molecule has 98 valence electrons. The van der Waals surface area contributed by atoms with Gasteiger partial charge >= 0.3 is 5.97 Å². The minimum absolute atomic E-state index is 0.528. The predicted octanol–water partition coefficient (Wildman–Crippen LogP) is 1.61. The monoisotopic (exact) mass is 258 g/mol. The summed E-state index contributed by atoms with van der Waals surface area (Å²) in [5.74, 6) is -0.332. The minimum Gasteiger partial charge on any atom is -0.479 e. The third-order valence-electron chi connectivity index (χ3n) is 3.84. The molecular formula is C13H14N4O2. The van der Waals surface area contributed by atoms with Gasteiger partial charge in [0.25, 0.3) is 0 Å². The lowest BCUT2D eigenvalue weighted by atomic mass is 9.76. The van der Waals surface area contributed by atoms with Crippen molar-refractivity contribution in [2.24, 2.45) is 0 Å². The zero-order valence-corrected chi connectivity index (χ0v) is 10.6. The molecule has 0 spiro atoms. The molecule has 1 aromatic heterocycles. The quantitative estimate of drug-likeness (QED) is 0.904. The number of aryl methyl sites for hydroxylation is 1. The summed E-state index contributed by atoms with van der Waals surface area (Å²) in [6.07, 6.45) is 2.04. The van der Waals surface area contributed by atoms with Gasteiger partial charge in [-0.05, 0) is 42.2 Å².